The number of carbonyl (C=O) groups is 1. The summed E-state index contributed by atoms with van der Waals surface area (Å²) in [6.07, 6.45) is 1.06. The number of aromatic amines is 1. The Hall–Kier alpha value is -2.50. The summed E-state index contributed by atoms with van der Waals surface area (Å²) in [4.78, 5) is 12.0. The van der Waals surface area contributed by atoms with Crippen molar-refractivity contribution >= 4 is 11.6 Å². The Morgan fingerprint density at radius 1 is 1.33 bits per heavy atom. The first-order valence-electron chi connectivity index (χ1n) is 6.83. The van der Waals surface area contributed by atoms with E-state index in [1.165, 1.54) is 0 Å². The van der Waals surface area contributed by atoms with Gasteiger partial charge in [-0.15, -0.1) is 0 Å². The van der Waals surface area contributed by atoms with Crippen LogP contribution in [0.15, 0.2) is 18.2 Å². The third kappa shape index (κ3) is 2.84. The Labute approximate surface area is 122 Å². The topological polar surface area (TPSA) is 76.2 Å². The van der Waals surface area contributed by atoms with E-state index in [0.29, 0.717) is 12.8 Å². The number of hydrogen-bond acceptors (Lipinski definition) is 4. The molecule has 1 aromatic heterocycles. The molecule has 6 nitrogen and oxygen atoms in total. The molecule has 0 aliphatic carbocycles. The van der Waals surface area contributed by atoms with E-state index in [1.54, 1.807) is 0 Å². The van der Waals surface area contributed by atoms with Crippen LogP contribution < -0.4 is 14.8 Å². The lowest BCUT2D eigenvalue weighted by Gasteiger charge is -2.06. The Morgan fingerprint density at radius 3 is 2.90 bits per heavy atom. The minimum atomic E-state index is -0.0275. The monoisotopic (exact) mass is 287 g/mol. The van der Waals surface area contributed by atoms with E-state index in [9.17, 15) is 4.79 Å². The molecular formula is C15H17N3O3. The van der Waals surface area contributed by atoms with Gasteiger partial charge in [-0.2, -0.15) is 5.10 Å². The van der Waals surface area contributed by atoms with Crippen LogP contribution in [0.3, 0.4) is 0 Å². The van der Waals surface area contributed by atoms with Crippen molar-refractivity contribution in [3.63, 3.8) is 0 Å². The van der Waals surface area contributed by atoms with Gasteiger partial charge in [-0.3, -0.25) is 9.89 Å². The molecule has 6 heteroatoms. The normalized spacial score (nSPS) is 12.5. The number of carbonyl (C=O) groups excluding carboxylic acids is 1. The number of anilines is 1. The van der Waals surface area contributed by atoms with Gasteiger partial charge >= 0.3 is 0 Å². The standard InChI is InChI=1S/C15H17N3O3/c1-9-15(10(2)18-17-9)16-14(19)6-4-11-3-5-12-13(7-11)21-8-20-12/h3,5,7H,4,6,8H2,1-2H3,(H,16,19)(H,17,18). The quantitative estimate of drug-likeness (QED) is 0.905. The predicted molar refractivity (Wildman–Crippen MR) is 77.6 cm³/mol. The maximum atomic E-state index is 12.0. The summed E-state index contributed by atoms with van der Waals surface area (Å²) in [5.41, 5.74) is 3.48. The molecule has 0 saturated heterocycles. The Kier molecular flexibility index (Phi) is 3.51. The molecule has 1 aromatic carbocycles. The third-order valence-corrected chi connectivity index (χ3v) is 3.47. The molecular weight excluding hydrogens is 270 g/mol. The molecule has 110 valence electrons. The summed E-state index contributed by atoms with van der Waals surface area (Å²) in [6, 6.07) is 5.75. The highest BCUT2D eigenvalue weighted by Gasteiger charge is 2.14. The molecule has 1 aliphatic heterocycles. The van der Waals surface area contributed by atoms with Crippen LogP contribution in [0.1, 0.15) is 23.4 Å². The maximum absolute atomic E-state index is 12.0. The highest BCUT2D eigenvalue weighted by atomic mass is 16.7. The Morgan fingerprint density at radius 2 is 2.14 bits per heavy atom. The van der Waals surface area contributed by atoms with Gasteiger partial charge in [-0.25, -0.2) is 0 Å². The molecule has 0 spiro atoms. The van der Waals surface area contributed by atoms with E-state index >= 15 is 0 Å². The van der Waals surface area contributed by atoms with Gasteiger partial charge in [0.1, 0.15) is 0 Å². The molecule has 0 bridgehead atoms. The van der Waals surface area contributed by atoms with Crippen LogP contribution in [0.25, 0.3) is 0 Å². The molecule has 0 radical (unpaired) electrons. The van der Waals surface area contributed by atoms with Crippen molar-refractivity contribution < 1.29 is 14.3 Å². The summed E-state index contributed by atoms with van der Waals surface area (Å²) in [7, 11) is 0. The number of hydrogen-bond donors (Lipinski definition) is 2. The Balaban J connectivity index is 1.59. The lowest BCUT2D eigenvalue weighted by atomic mass is 10.1. The molecule has 0 unspecified atom stereocenters. The van der Waals surface area contributed by atoms with Crippen molar-refractivity contribution in [3.05, 3.63) is 35.2 Å². The van der Waals surface area contributed by atoms with E-state index < -0.39 is 0 Å². The summed E-state index contributed by atoms with van der Waals surface area (Å²) in [5, 5.41) is 9.80. The number of aromatic nitrogens is 2. The zero-order chi connectivity index (χ0) is 14.8. The number of aryl methyl sites for hydroxylation is 3. The molecule has 0 saturated carbocycles. The fraction of sp³-hybridized carbons (Fsp3) is 0.333. The van der Waals surface area contributed by atoms with Gasteiger partial charge in [0.2, 0.25) is 12.7 Å². The van der Waals surface area contributed by atoms with Gasteiger partial charge in [0.05, 0.1) is 17.1 Å². The van der Waals surface area contributed by atoms with Crippen molar-refractivity contribution in [2.75, 3.05) is 12.1 Å². The van der Waals surface area contributed by atoms with Crippen LogP contribution in [0.4, 0.5) is 5.69 Å². The number of ether oxygens (including phenoxy) is 2. The van der Waals surface area contributed by atoms with Crippen molar-refractivity contribution in [1.29, 1.82) is 0 Å². The maximum Gasteiger partial charge on any atom is 0.231 e. The first-order valence-corrected chi connectivity index (χ1v) is 6.83. The third-order valence-electron chi connectivity index (χ3n) is 3.47. The average Bonchev–Trinajstić information content (AvgIpc) is 3.06. The lowest BCUT2D eigenvalue weighted by Crippen LogP contribution is -2.13. The number of benzene rings is 1. The number of fused-ring (bicyclic) bond motifs is 1. The first kappa shape index (κ1) is 13.5. The van der Waals surface area contributed by atoms with Gasteiger partial charge in [-0.1, -0.05) is 6.07 Å². The van der Waals surface area contributed by atoms with Gasteiger partial charge in [0.25, 0.3) is 0 Å². The fourth-order valence-electron chi connectivity index (χ4n) is 2.29. The van der Waals surface area contributed by atoms with E-state index in [1.807, 2.05) is 32.0 Å². The molecule has 0 fully saturated rings. The van der Waals surface area contributed by atoms with Gasteiger partial charge in [0.15, 0.2) is 11.5 Å². The van der Waals surface area contributed by atoms with E-state index in [2.05, 4.69) is 15.5 Å². The van der Waals surface area contributed by atoms with Crippen molar-refractivity contribution in [2.24, 2.45) is 0 Å². The van der Waals surface area contributed by atoms with Crippen molar-refractivity contribution in [1.82, 2.24) is 10.2 Å². The van der Waals surface area contributed by atoms with E-state index in [0.717, 1.165) is 34.1 Å². The van der Waals surface area contributed by atoms with Crippen molar-refractivity contribution in [2.45, 2.75) is 26.7 Å². The highest BCUT2D eigenvalue weighted by Crippen LogP contribution is 2.32. The smallest absolute Gasteiger partial charge is 0.231 e. The van der Waals surface area contributed by atoms with Gasteiger partial charge in [-0.05, 0) is 38.0 Å². The van der Waals surface area contributed by atoms with E-state index in [-0.39, 0.29) is 12.7 Å². The first-order chi connectivity index (χ1) is 10.1. The van der Waals surface area contributed by atoms with Crippen LogP contribution in [0.5, 0.6) is 11.5 Å². The van der Waals surface area contributed by atoms with Gasteiger partial charge < -0.3 is 14.8 Å². The number of nitrogens with zero attached hydrogens (tertiary/aromatic N) is 1. The summed E-state index contributed by atoms with van der Waals surface area (Å²) in [6.45, 7) is 4.00. The number of amides is 1. The van der Waals surface area contributed by atoms with E-state index in [4.69, 9.17) is 9.47 Å². The summed E-state index contributed by atoms with van der Waals surface area (Å²) < 4.78 is 10.6. The zero-order valence-electron chi connectivity index (χ0n) is 12.0. The van der Waals surface area contributed by atoms with Crippen LogP contribution in [0.2, 0.25) is 0 Å². The lowest BCUT2D eigenvalue weighted by molar-refractivity contribution is -0.116. The molecule has 0 atom stereocenters. The highest BCUT2D eigenvalue weighted by molar-refractivity contribution is 5.91. The van der Waals surface area contributed by atoms with Crippen molar-refractivity contribution in [3.8, 4) is 11.5 Å². The molecule has 1 amide bonds. The number of H-pyrrole nitrogens is 1. The number of rotatable bonds is 4. The second-order valence-corrected chi connectivity index (χ2v) is 5.04. The molecule has 2 N–H and O–H groups in total. The van der Waals surface area contributed by atoms with Gasteiger partial charge in [0, 0.05) is 6.42 Å². The van der Waals surface area contributed by atoms with Crippen LogP contribution in [-0.2, 0) is 11.2 Å². The molecule has 3 rings (SSSR count). The average molecular weight is 287 g/mol. The summed E-state index contributed by atoms with van der Waals surface area (Å²) in [5.74, 6) is 1.47. The predicted octanol–water partition coefficient (Wildman–Crippen LogP) is 2.33. The minimum Gasteiger partial charge on any atom is -0.454 e. The minimum absolute atomic E-state index is 0.0275. The van der Waals surface area contributed by atoms with Crippen LogP contribution in [-0.4, -0.2) is 22.9 Å². The second-order valence-electron chi connectivity index (χ2n) is 5.04. The molecule has 2 aromatic rings. The largest absolute Gasteiger partial charge is 0.454 e. The number of nitrogens with one attached hydrogen (secondary N) is 2. The van der Waals surface area contributed by atoms with Crippen LogP contribution in [0, 0.1) is 13.8 Å². The molecule has 2 heterocycles. The Bertz CT molecular complexity index is 659. The molecule has 21 heavy (non-hydrogen) atoms. The fourth-order valence-corrected chi connectivity index (χ4v) is 2.29. The van der Waals surface area contributed by atoms with Crippen LogP contribution >= 0.6 is 0 Å². The summed E-state index contributed by atoms with van der Waals surface area (Å²) >= 11 is 0. The SMILES string of the molecule is Cc1n[nH]c(C)c1NC(=O)CCc1ccc2c(c1)OCO2. The molecule has 1 aliphatic rings. The second kappa shape index (κ2) is 5.47. The zero-order valence-corrected chi connectivity index (χ0v) is 12.0.